The first-order valence-corrected chi connectivity index (χ1v) is 6.91. The van der Waals surface area contributed by atoms with Gasteiger partial charge in [0.25, 0.3) is 0 Å². The van der Waals surface area contributed by atoms with Crippen LogP contribution in [0.2, 0.25) is 0 Å². The molecule has 4 nitrogen and oxygen atoms in total. The van der Waals surface area contributed by atoms with E-state index in [9.17, 15) is 15.0 Å². The molecule has 0 unspecified atom stereocenters. The van der Waals surface area contributed by atoms with E-state index in [2.05, 4.69) is 0 Å². The molecule has 114 valence electrons. The second-order valence-corrected chi connectivity index (χ2v) is 5.12. The normalized spacial score (nSPS) is 10.1. The monoisotopic (exact) mass is 298 g/mol. The Bertz CT molecular complexity index is 675. The fourth-order valence-electron chi connectivity index (χ4n) is 1.94. The summed E-state index contributed by atoms with van der Waals surface area (Å²) < 4.78 is 5.41. The SMILES string of the molecule is CC(C)=CCOc1cc(O)c(C(=O)c2ccccc2)c(O)c1. The van der Waals surface area contributed by atoms with Gasteiger partial charge < -0.3 is 14.9 Å². The van der Waals surface area contributed by atoms with Crippen molar-refractivity contribution in [1.82, 2.24) is 0 Å². The first-order chi connectivity index (χ1) is 10.5. The quantitative estimate of drug-likeness (QED) is 0.653. The summed E-state index contributed by atoms with van der Waals surface area (Å²) in [5, 5.41) is 20.1. The van der Waals surface area contributed by atoms with Gasteiger partial charge in [-0.1, -0.05) is 35.9 Å². The van der Waals surface area contributed by atoms with E-state index in [1.54, 1.807) is 30.3 Å². The third-order valence-electron chi connectivity index (χ3n) is 3.07. The molecule has 0 aliphatic heterocycles. The van der Waals surface area contributed by atoms with E-state index in [1.807, 2.05) is 19.9 Å². The van der Waals surface area contributed by atoms with Gasteiger partial charge in [0.2, 0.25) is 5.78 Å². The van der Waals surface area contributed by atoms with E-state index in [4.69, 9.17) is 4.74 Å². The third kappa shape index (κ3) is 3.67. The molecule has 0 saturated carbocycles. The highest BCUT2D eigenvalue weighted by Crippen LogP contribution is 2.34. The summed E-state index contributed by atoms with van der Waals surface area (Å²) in [4.78, 5) is 12.3. The van der Waals surface area contributed by atoms with E-state index in [0.29, 0.717) is 17.9 Å². The van der Waals surface area contributed by atoms with E-state index in [-0.39, 0.29) is 17.1 Å². The number of ketones is 1. The standard InChI is InChI=1S/C18H18O4/c1-12(2)8-9-22-14-10-15(19)17(16(20)11-14)18(21)13-6-4-3-5-7-13/h3-8,10-11,19-20H,9H2,1-2H3. The molecule has 0 saturated heterocycles. The largest absolute Gasteiger partial charge is 0.507 e. The van der Waals surface area contributed by atoms with Gasteiger partial charge in [-0.25, -0.2) is 0 Å². The van der Waals surface area contributed by atoms with Crippen LogP contribution < -0.4 is 4.74 Å². The second-order valence-electron chi connectivity index (χ2n) is 5.12. The molecule has 2 rings (SSSR count). The topological polar surface area (TPSA) is 66.8 Å². The highest BCUT2D eigenvalue weighted by atomic mass is 16.5. The fourth-order valence-corrected chi connectivity index (χ4v) is 1.94. The zero-order chi connectivity index (χ0) is 16.1. The van der Waals surface area contributed by atoms with Crippen LogP contribution in [-0.2, 0) is 0 Å². The number of phenolic OH excluding ortho intramolecular Hbond substituents is 2. The second kappa shape index (κ2) is 6.80. The maximum Gasteiger partial charge on any atom is 0.200 e. The lowest BCUT2D eigenvalue weighted by atomic mass is 10.0. The Balaban J connectivity index is 2.27. The molecule has 0 aliphatic carbocycles. The lowest BCUT2D eigenvalue weighted by molar-refractivity contribution is 0.103. The van der Waals surface area contributed by atoms with Crippen LogP contribution in [0.3, 0.4) is 0 Å². The number of benzene rings is 2. The molecule has 0 amide bonds. The van der Waals surface area contributed by atoms with Gasteiger partial charge in [-0.2, -0.15) is 0 Å². The highest BCUT2D eigenvalue weighted by Gasteiger charge is 2.19. The van der Waals surface area contributed by atoms with Gasteiger partial charge in [0.05, 0.1) is 0 Å². The van der Waals surface area contributed by atoms with Crippen molar-refractivity contribution in [3.05, 3.63) is 65.2 Å². The van der Waals surface area contributed by atoms with Crippen molar-refractivity contribution in [2.75, 3.05) is 6.61 Å². The minimum absolute atomic E-state index is 0.124. The Kier molecular flexibility index (Phi) is 4.84. The number of hydrogen-bond acceptors (Lipinski definition) is 4. The number of carbonyl (C=O) groups excluding carboxylic acids is 1. The van der Waals surface area contributed by atoms with E-state index in [0.717, 1.165) is 5.57 Å². The summed E-state index contributed by atoms with van der Waals surface area (Å²) in [5.74, 6) is -0.745. The Morgan fingerprint density at radius 2 is 1.68 bits per heavy atom. The van der Waals surface area contributed by atoms with Crippen LogP contribution in [0.25, 0.3) is 0 Å². The predicted molar refractivity (Wildman–Crippen MR) is 84.6 cm³/mol. The van der Waals surface area contributed by atoms with Crippen molar-refractivity contribution >= 4 is 5.78 Å². The average molecular weight is 298 g/mol. The van der Waals surface area contributed by atoms with Crippen molar-refractivity contribution in [2.45, 2.75) is 13.8 Å². The Morgan fingerprint density at radius 3 is 2.23 bits per heavy atom. The van der Waals surface area contributed by atoms with Crippen molar-refractivity contribution < 1.29 is 19.7 Å². The lowest BCUT2D eigenvalue weighted by Crippen LogP contribution is -2.03. The lowest BCUT2D eigenvalue weighted by Gasteiger charge is -2.10. The Labute approximate surface area is 129 Å². The van der Waals surface area contributed by atoms with Crippen molar-refractivity contribution in [3.8, 4) is 17.2 Å². The van der Waals surface area contributed by atoms with Gasteiger partial charge in [0, 0.05) is 17.7 Å². The summed E-state index contributed by atoms with van der Waals surface area (Å²) in [7, 11) is 0. The summed E-state index contributed by atoms with van der Waals surface area (Å²) in [5.41, 5.74) is 1.37. The number of hydrogen-bond donors (Lipinski definition) is 2. The number of rotatable bonds is 5. The van der Waals surface area contributed by atoms with Crippen LogP contribution in [0, 0.1) is 0 Å². The number of phenols is 2. The summed E-state index contributed by atoms with van der Waals surface area (Å²) in [6, 6.07) is 11.1. The zero-order valence-corrected chi connectivity index (χ0v) is 12.5. The molecule has 0 spiro atoms. The molecule has 0 radical (unpaired) electrons. The molecule has 4 heteroatoms. The fraction of sp³-hybridized carbons (Fsp3) is 0.167. The smallest absolute Gasteiger partial charge is 0.200 e. The molecule has 0 bridgehead atoms. The van der Waals surface area contributed by atoms with Gasteiger partial charge in [-0.05, 0) is 19.9 Å². The molecule has 0 atom stereocenters. The van der Waals surface area contributed by atoms with Crippen LogP contribution in [-0.4, -0.2) is 22.6 Å². The molecule has 0 aliphatic rings. The molecule has 0 aromatic heterocycles. The van der Waals surface area contributed by atoms with E-state index >= 15 is 0 Å². The number of allylic oxidation sites excluding steroid dienone is 1. The van der Waals surface area contributed by atoms with Crippen molar-refractivity contribution in [3.63, 3.8) is 0 Å². The summed E-state index contributed by atoms with van der Waals surface area (Å²) in [6.07, 6.45) is 1.87. The predicted octanol–water partition coefficient (Wildman–Crippen LogP) is 3.67. The minimum Gasteiger partial charge on any atom is -0.507 e. The van der Waals surface area contributed by atoms with Gasteiger partial charge >= 0.3 is 0 Å². The van der Waals surface area contributed by atoms with Crippen LogP contribution in [0.1, 0.15) is 29.8 Å². The number of aromatic hydroxyl groups is 2. The molecular formula is C18H18O4. The van der Waals surface area contributed by atoms with Gasteiger partial charge in [0.1, 0.15) is 29.4 Å². The molecule has 0 heterocycles. The molecule has 2 aromatic carbocycles. The van der Waals surface area contributed by atoms with Crippen molar-refractivity contribution in [1.29, 1.82) is 0 Å². The Hall–Kier alpha value is -2.75. The molecule has 0 fully saturated rings. The maximum atomic E-state index is 12.3. The molecule has 2 aromatic rings. The highest BCUT2D eigenvalue weighted by molar-refractivity contribution is 6.12. The number of carbonyl (C=O) groups is 1. The van der Waals surface area contributed by atoms with Crippen LogP contribution >= 0.6 is 0 Å². The van der Waals surface area contributed by atoms with Crippen LogP contribution in [0.5, 0.6) is 17.2 Å². The average Bonchev–Trinajstić information content (AvgIpc) is 2.47. The van der Waals surface area contributed by atoms with Gasteiger partial charge in [0.15, 0.2) is 0 Å². The molecular weight excluding hydrogens is 280 g/mol. The van der Waals surface area contributed by atoms with Crippen LogP contribution in [0.4, 0.5) is 0 Å². The van der Waals surface area contributed by atoms with E-state index < -0.39 is 5.78 Å². The third-order valence-corrected chi connectivity index (χ3v) is 3.07. The zero-order valence-electron chi connectivity index (χ0n) is 12.5. The minimum atomic E-state index is -0.438. The number of ether oxygens (including phenoxy) is 1. The van der Waals surface area contributed by atoms with Crippen LogP contribution in [0.15, 0.2) is 54.1 Å². The molecule has 22 heavy (non-hydrogen) atoms. The first-order valence-electron chi connectivity index (χ1n) is 6.91. The maximum absolute atomic E-state index is 12.3. The first kappa shape index (κ1) is 15.6. The van der Waals surface area contributed by atoms with Gasteiger partial charge in [-0.15, -0.1) is 0 Å². The summed E-state index contributed by atoms with van der Waals surface area (Å²) >= 11 is 0. The summed E-state index contributed by atoms with van der Waals surface area (Å²) in [6.45, 7) is 4.22. The Morgan fingerprint density at radius 1 is 1.09 bits per heavy atom. The van der Waals surface area contributed by atoms with Crippen molar-refractivity contribution in [2.24, 2.45) is 0 Å². The van der Waals surface area contributed by atoms with E-state index in [1.165, 1.54) is 12.1 Å². The van der Waals surface area contributed by atoms with Gasteiger partial charge in [-0.3, -0.25) is 4.79 Å². The molecule has 2 N–H and O–H groups in total.